The first-order valence-electron chi connectivity index (χ1n) is 7.15. The van der Waals surface area contributed by atoms with Gasteiger partial charge in [0.05, 0.1) is 11.9 Å². The Kier molecular flexibility index (Phi) is 5.23. The Hall–Kier alpha value is -1.76. The third-order valence-corrected chi connectivity index (χ3v) is 2.88. The predicted molar refractivity (Wildman–Crippen MR) is 76.0 cm³/mol. The molecule has 7 nitrogen and oxygen atoms in total. The second-order valence-electron chi connectivity index (χ2n) is 5.33. The van der Waals surface area contributed by atoms with Crippen molar-refractivity contribution in [1.82, 2.24) is 35.1 Å². The molecular weight excluding hydrogens is 254 g/mol. The van der Waals surface area contributed by atoms with E-state index < -0.39 is 0 Å². The van der Waals surface area contributed by atoms with Crippen molar-refractivity contribution in [1.29, 1.82) is 0 Å². The topological polar surface area (TPSA) is 73.5 Å². The number of rotatable bonds is 8. The highest BCUT2D eigenvalue weighted by Crippen LogP contribution is 2.01. The van der Waals surface area contributed by atoms with E-state index in [0.29, 0.717) is 12.5 Å². The first-order chi connectivity index (χ1) is 9.69. The van der Waals surface area contributed by atoms with Gasteiger partial charge in [0.1, 0.15) is 18.7 Å². The van der Waals surface area contributed by atoms with Crippen molar-refractivity contribution in [2.45, 2.75) is 46.8 Å². The smallest absolute Gasteiger partial charge is 0.148 e. The minimum Gasteiger partial charge on any atom is -0.311 e. The van der Waals surface area contributed by atoms with Crippen LogP contribution in [0.15, 0.2) is 12.5 Å². The predicted octanol–water partition coefficient (Wildman–Crippen LogP) is 1.07. The van der Waals surface area contributed by atoms with Gasteiger partial charge in [-0.3, -0.25) is 0 Å². The van der Waals surface area contributed by atoms with Gasteiger partial charge in [0.25, 0.3) is 0 Å². The van der Waals surface area contributed by atoms with Crippen LogP contribution in [0.4, 0.5) is 0 Å². The van der Waals surface area contributed by atoms with Gasteiger partial charge in [-0.05, 0) is 18.9 Å². The molecule has 0 aromatic carbocycles. The lowest BCUT2D eigenvalue weighted by atomic mass is 10.2. The standard InChI is InChI=1S/C13H23N7/c1-4-5-20-13(15-10-16-20)9-19-8-12(17-18-19)7-14-6-11(2)3/h8,10-11,14H,4-7,9H2,1-3H3. The molecule has 2 rings (SSSR count). The second kappa shape index (κ2) is 7.14. The normalized spacial score (nSPS) is 11.4. The van der Waals surface area contributed by atoms with Crippen molar-refractivity contribution in [2.75, 3.05) is 6.54 Å². The largest absolute Gasteiger partial charge is 0.311 e. The summed E-state index contributed by atoms with van der Waals surface area (Å²) in [6, 6.07) is 0. The summed E-state index contributed by atoms with van der Waals surface area (Å²) in [7, 11) is 0. The number of hydrogen-bond acceptors (Lipinski definition) is 5. The van der Waals surface area contributed by atoms with E-state index in [-0.39, 0.29) is 0 Å². The van der Waals surface area contributed by atoms with Crippen LogP contribution in [0.25, 0.3) is 0 Å². The van der Waals surface area contributed by atoms with Gasteiger partial charge in [-0.2, -0.15) is 5.10 Å². The number of nitrogens with one attached hydrogen (secondary N) is 1. The molecule has 0 bridgehead atoms. The molecule has 0 aliphatic carbocycles. The van der Waals surface area contributed by atoms with E-state index in [1.165, 1.54) is 0 Å². The van der Waals surface area contributed by atoms with Gasteiger partial charge in [-0.15, -0.1) is 5.10 Å². The lowest BCUT2D eigenvalue weighted by Crippen LogP contribution is -2.19. The Balaban J connectivity index is 1.90. The Morgan fingerprint density at radius 1 is 1.35 bits per heavy atom. The highest BCUT2D eigenvalue weighted by Gasteiger charge is 2.07. The molecule has 2 heterocycles. The Morgan fingerprint density at radius 3 is 2.95 bits per heavy atom. The highest BCUT2D eigenvalue weighted by atomic mass is 15.4. The van der Waals surface area contributed by atoms with E-state index in [4.69, 9.17) is 0 Å². The zero-order valence-electron chi connectivity index (χ0n) is 12.5. The molecule has 0 atom stereocenters. The van der Waals surface area contributed by atoms with Gasteiger partial charge in [0.15, 0.2) is 0 Å². The summed E-state index contributed by atoms with van der Waals surface area (Å²) >= 11 is 0. The van der Waals surface area contributed by atoms with Crippen molar-refractivity contribution in [2.24, 2.45) is 5.92 Å². The molecule has 2 aromatic heterocycles. The maximum atomic E-state index is 4.27. The first kappa shape index (κ1) is 14.6. The fourth-order valence-corrected chi connectivity index (χ4v) is 1.94. The van der Waals surface area contributed by atoms with Crippen LogP contribution in [0.5, 0.6) is 0 Å². The molecule has 0 spiro atoms. The van der Waals surface area contributed by atoms with Gasteiger partial charge >= 0.3 is 0 Å². The monoisotopic (exact) mass is 277 g/mol. The van der Waals surface area contributed by atoms with Gasteiger partial charge < -0.3 is 5.32 Å². The van der Waals surface area contributed by atoms with Crippen LogP contribution in [-0.2, 0) is 19.6 Å². The fraction of sp³-hybridized carbons (Fsp3) is 0.692. The average Bonchev–Trinajstić information content (AvgIpc) is 3.01. The van der Waals surface area contributed by atoms with Gasteiger partial charge in [-0.1, -0.05) is 26.0 Å². The van der Waals surface area contributed by atoms with E-state index in [9.17, 15) is 0 Å². The van der Waals surface area contributed by atoms with E-state index >= 15 is 0 Å². The van der Waals surface area contributed by atoms with E-state index in [0.717, 1.165) is 37.6 Å². The summed E-state index contributed by atoms with van der Waals surface area (Å²) in [5.41, 5.74) is 0.951. The SMILES string of the molecule is CCCn1ncnc1Cn1cc(CNCC(C)C)nn1. The molecule has 0 saturated heterocycles. The molecular formula is C13H23N7. The number of nitrogens with zero attached hydrogens (tertiary/aromatic N) is 6. The van der Waals surface area contributed by atoms with Gasteiger partial charge in [0, 0.05) is 13.1 Å². The molecule has 0 aliphatic heterocycles. The van der Waals surface area contributed by atoms with Gasteiger partial charge in [-0.25, -0.2) is 14.3 Å². The minimum absolute atomic E-state index is 0.608. The fourth-order valence-electron chi connectivity index (χ4n) is 1.94. The maximum absolute atomic E-state index is 4.27. The summed E-state index contributed by atoms with van der Waals surface area (Å²) in [6.07, 6.45) is 4.59. The molecule has 7 heteroatoms. The number of hydrogen-bond donors (Lipinski definition) is 1. The third kappa shape index (κ3) is 4.12. The van der Waals surface area contributed by atoms with Gasteiger partial charge in [0.2, 0.25) is 0 Å². The Morgan fingerprint density at radius 2 is 2.20 bits per heavy atom. The Labute approximate surface area is 119 Å². The average molecular weight is 277 g/mol. The van der Waals surface area contributed by atoms with Crippen LogP contribution in [0.1, 0.15) is 38.7 Å². The molecule has 110 valence electrons. The molecule has 0 saturated carbocycles. The molecule has 0 unspecified atom stereocenters. The summed E-state index contributed by atoms with van der Waals surface area (Å²) in [5, 5.41) is 15.9. The van der Waals surface area contributed by atoms with Crippen LogP contribution in [-0.4, -0.2) is 36.3 Å². The molecule has 1 N–H and O–H groups in total. The molecule has 20 heavy (non-hydrogen) atoms. The maximum Gasteiger partial charge on any atom is 0.148 e. The summed E-state index contributed by atoms with van der Waals surface area (Å²) in [4.78, 5) is 4.27. The van der Waals surface area contributed by atoms with Crippen LogP contribution in [0, 0.1) is 5.92 Å². The minimum atomic E-state index is 0.608. The second-order valence-corrected chi connectivity index (χ2v) is 5.33. The van der Waals surface area contributed by atoms with Crippen LogP contribution in [0.3, 0.4) is 0 Å². The summed E-state index contributed by atoms with van der Waals surface area (Å²) < 4.78 is 3.72. The van der Waals surface area contributed by atoms with Crippen molar-refractivity contribution in [3.8, 4) is 0 Å². The molecule has 0 aliphatic rings. The Bertz CT molecular complexity index is 514. The van der Waals surface area contributed by atoms with Crippen molar-refractivity contribution >= 4 is 0 Å². The molecule has 0 fully saturated rings. The zero-order valence-corrected chi connectivity index (χ0v) is 12.5. The number of aromatic nitrogens is 6. The summed E-state index contributed by atoms with van der Waals surface area (Å²) in [5.74, 6) is 1.55. The third-order valence-electron chi connectivity index (χ3n) is 2.88. The summed E-state index contributed by atoms with van der Waals surface area (Å²) in [6.45, 7) is 9.72. The van der Waals surface area contributed by atoms with Crippen LogP contribution >= 0.6 is 0 Å². The van der Waals surface area contributed by atoms with Crippen molar-refractivity contribution in [3.63, 3.8) is 0 Å². The van der Waals surface area contributed by atoms with Crippen molar-refractivity contribution < 1.29 is 0 Å². The zero-order chi connectivity index (χ0) is 14.4. The van der Waals surface area contributed by atoms with Crippen LogP contribution < -0.4 is 5.32 Å². The van der Waals surface area contributed by atoms with E-state index in [2.05, 4.69) is 46.5 Å². The lowest BCUT2D eigenvalue weighted by molar-refractivity contribution is 0.532. The molecule has 0 radical (unpaired) electrons. The van der Waals surface area contributed by atoms with Crippen molar-refractivity contribution in [3.05, 3.63) is 24.0 Å². The lowest BCUT2D eigenvalue weighted by Gasteiger charge is -2.04. The van der Waals surface area contributed by atoms with Crippen LogP contribution in [0.2, 0.25) is 0 Å². The quantitative estimate of drug-likeness (QED) is 0.781. The molecule has 0 amide bonds. The highest BCUT2D eigenvalue weighted by molar-refractivity contribution is 4.94. The first-order valence-corrected chi connectivity index (χ1v) is 7.15. The van der Waals surface area contributed by atoms with E-state index in [1.54, 1.807) is 6.33 Å². The molecule has 2 aromatic rings. The number of aryl methyl sites for hydroxylation is 1. The van der Waals surface area contributed by atoms with E-state index in [1.807, 2.05) is 15.6 Å².